The van der Waals surface area contributed by atoms with E-state index in [4.69, 9.17) is 0 Å². The minimum Gasteiger partial charge on any atom is -0.394 e. The fourth-order valence-electron chi connectivity index (χ4n) is 3.18. The van der Waals surface area contributed by atoms with Gasteiger partial charge >= 0.3 is 0 Å². The predicted octanol–water partition coefficient (Wildman–Crippen LogP) is 1.88. The molecule has 1 heterocycles. The lowest BCUT2D eigenvalue weighted by atomic mass is 10.1. The van der Waals surface area contributed by atoms with Crippen LogP contribution < -0.4 is 4.90 Å². The summed E-state index contributed by atoms with van der Waals surface area (Å²) in [4.78, 5) is 16.6. The first-order chi connectivity index (χ1) is 11.1. The summed E-state index contributed by atoms with van der Waals surface area (Å²) < 4.78 is 0. The molecule has 23 heavy (non-hydrogen) atoms. The van der Waals surface area contributed by atoms with Crippen molar-refractivity contribution in [3.63, 3.8) is 0 Å². The molecule has 0 saturated carbocycles. The zero-order chi connectivity index (χ0) is 16.8. The van der Waals surface area contributed by atoms with Crippen molar-refractivity contribution in [2.45, 2.75) is 44.7 Å². The van der Waals surface area contributed by atoms with Gasteiger partial charge in [-0.15, -0.1) is 0 Å². The van der Waals surface area contributed by atoms with Gasteiger partial charge in [-0.3, -0.25) is 4.79 Å². The van der Waals surface area contributed by atoms with Gasteiger partial charge in [0.05, 0.1) is 25.3 Å². The number of nitrogens with zero attached hydrogens (tertiary/aromatic N) is 2. The Balaban J connectivity index is 2.10. The van der Waals surface area contributed by atoms with Crippen LogP contribution in [0.1, 0.15) is 43.0 Å². The Morgan fingerprint density at radius 2 is 1.74 bits per heavy atom. The monoisotopic (exact) mass is 320 g/mol. The molecular formula is C18H28N2O3. The molecule has 1 saturated heterocycles. The fraction of sp³-hybridized carbons (Fsp3) is 0.611. The molecule has 5 heteroatoms. The van der Waals surface area contributed by atoms with E-state index >= 15 is 0 Å². The highest BCUT2D eigenvalue weighted by molar-refractivity contribution is 5.95. The lowest BCUT2D eigenvalue weighted by Gasteiger charge is -2.28. The summed E-state index contributed by atoms with van der Waals surface area (Å²) in [6, 6.07) is 7.21. The Bertz CT molecular complexity index is 491. The summed E-state index contributed by atoms with van der Waals surface area (Å²) in [5.41, 5.74) is 1.70. The number of anilines is 1. The first-order valence-corrected chi connectivity index (χ1v) is 8.48. The molecule has 2 N–H and O–H groups in total. The van der Waals surface area contributed by atoms with Gasteiger partial charge in [-0.05, 0) is 43.5 Å². The summed E-state index contributed by atoms with van der Waals surface area (Å²) >= 11 is 0. The molecule has 0 aromatic heterocycles. The van der Waals surface area contributed by atoms with Crippen LogP contribution in [0.3, 0.4) is 0 Å². The van der Waals surface area contributed by atoms with Crippen molar-refractivity contribution in [2.24, 2.45) is 0 Å². The molecule has 1 fully saturated rings. The van der Waals surface area contributed by atoms with Gasteiger partial charge in [-0.2, -0.15) is 0 Å². The lowest BCUT2D eigenvalue weighted by Crippen LogP contribution is -2.44. The first kappa shape index (κ1) is 17.8. The van der Waals surface area contributed by atoms with E-state index in [1.165, 1.54) is 0 Å². The fourth-order valence-corrected chi connectivity index (χ4v) is 3.18. The zero-order valence-corrected chi connectivity index (χ0v) is 14.1. The van der Waals surface area contributed by atoms with E-state index in [1.807, 2.05) is 24.3 Å². The Kier molecular flexibility index (Phi) is 6.42. The van der Waals surface area contributed by atoms with Gasteiger partial charge in [-0.25, -0.2) is 0 Å². The van der Waals surface area contributed by atoms with E-state index < -0.39 is 0 Å². The number of benzene rings is 1. The number of hydrogen-bond acceptors (Lipinski definition) is 4. The predicted molar refractivity (Wildman–Crippen MR) is 91.8 cm³/mol. The van der Waals surface area contributed by atoms with Crippen molar-refractivity contribution < 1.29 is 15.0 Å². The third-order valence-corrected chi connectivity index (χ3v) is 4.68. The van der Waals surface area contributed by atoms with Gasteiger partial charge in [0.2, 0.25) is 0 Å². The second-order valence-electron chi connectivity index (χ2n) is 6.28. The van der Waals surface area contributed by atoms with Gasteiger partial charge in [0, 0.05) is 24.8 Å². The van der Waals surface area contributed by atoms with E-state index in [-0.39, 0.29) is 31.2 Å². The van der Waals surface area contributed by atoms with Crippen LogP contribution in [0.4, 0.5) is 5.69 Å². The summed E-state index contributed by atoms with van der Waals surface area (Å²) in [7, 11) is 2.05. The van der Waals surface area contributed by atoms with Crippen molar-refractivity contribution >= 4 is 11.6 Å². The van der Waals surface area contributed by atoms with Gasteiger partial charge in [0.15, 0.2) is 0 Å². The maximum atomic E-state index is 12.7. The minimum atomic E-state index is -0.188. The molecule has 1 aromatic rings. The van der Waals surface area contributed by atoms with Gasteiger partial charge in [-0.1, -0.05) is 13.3 Å². The Morgan fingerprint density at radius 3 is 2.22 bits per heavy atom. The van der Waals surface area contributed by atoms with Crippen molar-refractivity contribution in [3.05, 3.63) is 29.8 Å². The van der Waals surface area contributed by atoms with Crippen molar-refractivity contribution in [1.82, 2.24) is 4.90 Å². The molecular weight excluding hydrogens is 292 g/mol. The van der Waals surface area contributed by atoms with Gasteiger partial charge < -0.3 is 20.0 Å². The number of aliphatic hydroxyl groups is 2. The van der Waals surface area contributed by atoms with Crippen LogP contribution in [-0.2, 0) is 0 Å². The van der Waals surface area contributed by atoms with E-state index in [1.54, 1.807) is 4.90 Å². The second kappa shape index (κ2) is 8.31. The standard InChI is InChI=1S/C18H28N2O3/c1-3-4-11-19(2)15-7-5-14(6-8-15)18(23)20-16(12-21)9-10-17(20)13-22/h5-8,16-17,21-22H,3-4,9-13H2,1-2H3/t16-,17-/m1/s1. The smallest absolute Gasteiger partial charge is 0.254 e. The van der Waals surface area contributed by atoms with Crippen LogP contribution in [0, 0.1) is 0 Å². The number of carbonyl (C=O) groups excluding carboxylic acids is 1. The minimum absolute atomic E-state index is 0.0555. The molecule has 1 aliphatic heterocycles. The van der Waals surface area contributed by atoms with Crippen LogP contribution in [0.2, 0.25) is 0 Å². The second-order valence-corrected chi connectivity index (χ2v) is 6.28. The molecule has 1 aromatic carbocycles. The molecule has 0 radical (unpaired) electrons. The number of aliphatic hydroxyl groups excluding tert-OH is 2. The molecule has 0 bridgehead atoms. The molecule has 0 aliphatic carbocycles. The Hall–Kier alpha value is -1.59. The van der Waals surface area contributed by atoms with Crippen LogP contribution in [0.15, 0.2) is 24.3 Å². The van der Waals surface area contributed by atoms with Crippen molar-refractivity contribution in [2.75, 3.05) is 31.7 Å². The molecule has 1 aliphatic rings. The topological polar surface area (TPSA) is 64.0 Å². The van der Waals surface area contributed by atoms with E-state index in [0.717, 1.165) is 37.9 Å². The van der Waals surface area contributed by atoms with Crippen molar-refractivity contribution in [3.8, 4) is 0 Å². The molecule has 0 spiro atoms. The molecule has 0 unspecified atom stereocenters. The van der Waals surface area contributed by atoms with Gasteiger partial charge in [0.25, 0.3) is 5.91 Å². The van der Waals surface area contributed by atoms with Crippen LogP contribution in [-0.4, -0.2) is 59.9 Å². The summed E-state index contributed by atoms with van der Waals surface area (Å²) in [5.74, 6) is -0.108. The normalized spacial score (nSPS) is 20.8. The Labute approximate surface area is 138 Å². The molecule has 2 atom stereocenters. The highest BCUT2D eigenvalue weighted by Crippen LogP contribution is 2.26. The lowest BCUT2D eigenvalue weighted by molar-refractivity contribution is 0.0521. The van der Waals surface area contributed by atoms with Gasteiger partial charge in [0.1, 0.15) is 0 Å². The highest BCUT2D eigenvalue weighted by atomic mass is 16.3. The molecule has 128 valence electrons. The summed E-state index contributed by atoms with van der Waals surface area (Å²) in [6.07, 6.45) is 3.78. The summed E-state index contributed by atoms with van der Waals surface area (Å²) in [5, 5.41) is 18.9. The quantitative estimate of drug-likeness (QED) is 0.805. The van der Waals surface area contributed by atoms with Crippen LogP contribution >= 0.6 is 0 Å². The zero-order valence-electron chi connectivity index (χ0n) is 14.1. The van der Waals surface area contributed by atoms with E-state index in [0.29, 0.717) is 5.56 Å². The number of unbranched alkanes of at least 4 members (excludes halogenated alkanes) is 1. The molecule has 5 nitrogen and oxygen atoms in total. The maximum absolute atomic E-state index is 12.7. The SMILES string of the molecule is CCCCN(C)c1ccc(C(=O)N2[C@@H](CO)CC[C@@H]2CO)cc1. The molecule has 1 amide bonds. The number of rotatable bonds is 7. The van der Waals surface area contributed by atoms with Crippen molar-refractivity contribution in [1.29, 1.82) is 0 Å². The maximum Gasteiger partial charge on any atom is 0.254 e. The average Bonchev–Trinajstić information content (AvgIpc) is 3.02. The highest BCUT2D eigenvalue weighted by Gasteiger charge is 2.36. The number of hydrogen-bond donors (Lipinski definition) is 2. The number of likely N-dealkylation sites (tertiary alicyclic amines) is 1. The third kappa shape index (κ3) is 4.03. The van der Waals surface area contributed by atoms with E-state index in [9.17, 15) is 15.0 Å². The molecule has 2 rings (SSSR count). The van der Waals surface area contributed by atoms with E-state index in [2.05, 4.69) is 18.9 Å². The first-order valence-electron chi connectivity index (χ1n) is 8.48. The number of carbonyl (C=O) groups is 1. The Morgan fingerprint density at radius 1 is 1.17 bits per heavy atom. The summed E-state index contributed by atoms with van der Waals surface area (Å²) in [6.45, 7) is 3.05. The van der Waals surface area contributed by atoms with Crippen LogP contribution in [0.25, 0.3) is 0 Å². The number of amides is 1. The average molecular weight is 320 g/mol. The largest absolute Gasteiger partial charge is 0.394 e. The third-order valence-electron chi connectivity index (χ3n) is 4.68. The van der Waals surface area contributed by atoms with Crippen LogP contribution in [0.5, 0.6) is 0 Å².